The fourth-order valence-electron chi connectivity index (χ4n) is 1.96. The SMILES string of the molecule is CC(c1cccs1)N(C)C(CN)c1cccs1. The van der Waals surface area contributed by atoms with Crippen LogP contribution in [-0.4, -0.2) is 18.5 Å². The Bertz CT molecular complexity index is 422. The van der Waals surface area contributed by atoms with E-state index in [4.69, 9.17) is 5.73 Å². The molecule has 0 fully saturated rings. The summed E-state index contributed by atoms with van der Waals surface area (Å²) in [5.41, 5.74) is 5.92. The van der Waals surface area contributed by atoms with Crippen LogP contribution in [0.3, 0.4) is 0 Å². The summed E-state index contributed by atoms with van der Waals surface area (Å²) in [6.07, 6.45) is 0. The molecule has 2 N–H and O–H groups in total. The highest BCUT2D eigenvalue weighted by Crippen LogP contribution is 2.32. The highest BCUT2D eigenvalue weighted by atomic mass is 32.1. The zero-order chi connectivity index (χ0) is 12.3. The molecule has 2 unspecified atom stereocenters. The summed E-state index contributed by atoms with van der Waals surface area (Å²) in [5, 5.41) is 4.24. The van der Waals surface area contributed by atoms with Gasteiger partial charge in [0.15, 0.2) is 0 Å². The fraction of sp³-hybridized carbons (Fsp3) is 0.385. The first-order valence-electron chi connectivity index (χ1n) is 5.73. The van der Waals surface area contributed by atoms with E-state index in [0.717, 1.165) is 0 Å². The lowest BCUT2D eigenvalue weighted by molar-refractivity contribution is 0.195. The van der Waals surface area contributed by atoms with Crippen molar-refractivity contribution < 1.29 is 0 Å². The topological polar surface area (TPSA) is 29.3 Å². The molecule has 0 saturated carbocycles. The van der Waals surface area contributed by atoms with E-state index in [-0.39, 0.29) is 0 Å². The molecule has 0 saturated heterocycles. The van der Waals surface area contributed by atoms with Crippen molar-refractivity contribution >= 4 is 22.7 Å². The van der Waals surface area contributed by atoms with Crippen molar-refractivity contribution in [1.29, 1.82) is 0 Å². The van der Waals surface area contributed by atoms with Crippen molar-refractivity contribution in [3.8, 4) is 0 Å². The summed E-state index contributed by atoms with van der Waals surface area (Å²) in [4.78, 5) is 5.10. The van der Waals surface area contributed by atoms with Gasteiger partial charge < -0.3 is 5.73 Å². The molecule has 0 aliphatic carbocycles. The second-order valence-corrected chi connectivity index (χ2v) is 6.08. The molecule has 17 heavy (non-hydrogen) atoms. The molecule has 0 bridgehead atoms. The van der Waals surface area contributed by atoms with Gasteiger partial charge in [-0.2, -0.15) is 0 Å². The van der Waals surface area contributed by atoms with Gasteiger partial charge in [-0.3, -0.25) is 4.90 Å². The molecule has 0 aliphatic rings. The summed E-state index contributed by atoms with van der Waals surface area (Å²) in [7, 11) is 2.15. The number of nitrogens with zero attached hydrogens (tertiary/aromatic N) is 1. The van der Waals surface area contributed by atoms with Crippen molar-refractivity contribution in [2.24, 2.45) is 5.73 Å². The van der Waals surface area contributed by atoms with Gasteiger partial charge in [0.25, 0.3) is 0 Å². The van der Waals surface area contributed by atoms with Crippen LogP contribution < -0.4 is 5.73 Å². The number of rotatable bonds is 5. The van der Waals surface area contributed by atoms with Crippen LogP contribution in [0.4, 0.5) is 0 Å². The summed E-state index contributed by atoms with van der Waals surface area (Å²) in [6, 6.07) is 9.27. The van der Waals surface area contributed by atoms with Gasteiger partial charge in [-0.25, -0.2) is 0 Å². The molecular weight excluding hydrogens is 248 g/mol. The maximum atomic E-state index is 5.92. The van der Waals surface area contributed by atoms with Crippen LogP contribution in [0.15, 0.2) is 35.0 Å². The zero-order valence-electron chi connectivity index (χ0n) is 10.2. The molecule has 2 atom stereocenters. The normalized spacial score (nSPS) is 15.1. The maximum Gasteiger partial charge on any atom is 0.0567 e. The Labute approximate surface area is 111 Å². The largest absolute Gasteiger partial charge is 0.329 e. The monoisotopic (exact) mass is 266 g/mol. The van der Waals surface area contributed by atoms with Crippen molar-refractivity contribution in [2.75, 3.05) is 13.6 Å². The number of likely N-dealkylation sites (N-methyl/N-ethyl adjacent to an activating group) is 1. The first kappa shape index (κ1) is 12.8. The van der Waals surface area contributed by atoms with Crippen LogP contribution in [-0.2, 0) is 0 Å². The van der Waals surface area contributed by atoms with Crippen molar-refractivity contribution in [3.05, 3.63) is 44.8 Å². The smallest absolute Gasteiger partial charge is 0.0567 e. The van der Waals surface area contributed by atoms with Gasteiger partial charge in [0.2, 0.25) is 0 Å². The molecule has 2 rings (SSSR count). The van der Waals surface area contributed by atoms with Crippen molar-refractivity contribution in [3.63, 3.8) is 0 Å². The van der Waals surface area contributed by atoms with Crippen LogP contribution in [0.25, 0.3) is 0 Å². The summed E-state index contributed by atoms with van der Waals surface area (Å²) in [6.45, 7) is 2.90. The number of thiophene rings is 2. The molecule has 0 spiro atoms. The molecule has 0 aliphatic heterocycles. The Balaban J connectivity index is 2.15. The lowest BCUT2D eigenvalue weighted by atomic mass is 10.1. The molecule has 2 heterocycles. The fourth-order valence-corrected chi connectivity index (χ4v) is 3.69. The second-order valence-electron chi connectivity index (χ2n) is 4.12. The summed E-state index contributed by atoms with van der Waals surface area (Å²) < 4.78 is 0. The molecule has 0 aromatic carbocycles. The van der Waals surface area contributed by atoms with E-state index in [2.05, 4.69) is 53.9 Å². The standard InChI is InChI=1S/C13H18N2S2/c1-10(12-5-3-7-16-12)15(2)11(9-14)13-6-4-8-17-13/h3-8,10-11H,9,14H2,1-2H3. The molecule has 2 nitrogen and oxygen atoms in total. The van der Waals surface area contributed by atoms with Gasteiger partial charge in [-0.05, 0) is 36.9 Å². The van der Waals surface area contributed by atoms with Gasteiger partial charge in [-0.15, -0.1) is 22.7 Å². The van der Waals surface area contributed by atoms with Crippen LogP contribution in [0.1, 0.15) is 28.8 Å². The Hall–Kier alpha value is -0.680. The Kier molecular flexibility index (Phi) is 4.34. The molecular formula is C13H18N2S2. The minimum atomic E-state index is 0.312. The minimum Gasteiger partial charge on any atom is -0.329 e. The first-order valence-corrected chi connectivity index (χ1v) is 7.48. The van der Waals surface area contributed by atoms with Gasteiger partial charge in [-0.1, -0.05) is 12.1 Å². The molecule has 0 radical (unpaired) electrons. The number of hydrogen-bond donors (Lipinski definition) is 1. The van der Waals surface area contributed by atoms with Gasteiger partial charge in [0.05, 0.1) is 6.04 Å². The summed E-state index contributed by atoms with van der Waals surface area (Å²) >= 11 is 3.59. The Morgan fingerprint density at radius 3 is 2.24 bits per heavy atom. The highest BCUT2D eigenvalue weighted by Gasteiger charge is 2.22. The average Bonchev–Trinajstić information content (AvgIpc) is 3.01. The Morgan fingerprint density at radius 2 is 1.76 bits per heavy atom. The van der Waals surface area contributed by atoms with E-state index < -0.39 is 0 Å². The zero-order valence-corrected chi connectivity index (χ0v) is 11.8. The number of nitrogens with two attached hydrogens (primary N) is 1. The highest BCUT2D eigenvalue weighted by molar-refractivity contribution is 7.10. The van der Waals surface area contributed by atoms with Crippen LogP contribution in [0, 0.1) is 0 Å². The van der Waals surface area contributed by atoms with Gasteiger partial charge in [0.1, 0.15) is 0 Å². The maximum absolute atomic E-state index is 5.92. The number of hydrogen-bond acceptors (Lipinski definition) is 4. The molecule has 92 valence electrons. The lowest BCUT2D eigenvalue weighted by Gasteiger charge is -2.31. The average molecular weight is 266 g/mol. The predicted octanol–water partition coefficient (Wildman–Crippen LogP) is 3.50. The van der Waals surface area contributed by atoms with Crippen LogP contribution in [0.5, 0.6) is 0 Å². The summed E-state index contributed by atoms with van der Waals surface area (Å²) in [5.74, 6) is 0. The molecule has 0 amide bonds. The van der Waals surface area contributed by atoms with E-state index in [1.165, 1.54) is 9.75 Å². The van der Waals surface area contributed by atoms with Gasteiger partial charge >= 0.3 is 0 Å². The van der Waals surface area contributed by atoms with Crippen LogP contribution >= 0.6 is 22.7 Å². The third kappa shape index (κ3) is 2.77. The Morgan fingerprint density at radius 1 is 1.18 bits per heavy atom. The second kappa shape index (κ2) is 5.78. The third-order valence-electron chi connectivity index (χ3n) is 3.15. The van der Waals surface area contributed by atoms with Gasteiger partial charge in [0, 0.05) is 22.3 Å². The molecule has 2 aromatic heterocycles. The molecule has 2 aromatic rings. The lowest BCUT2D eigenvalue weighted by Crippen LogP contribution is -2.31. The van der Waals surface area contributed by atoms with E-state index in [9.17, 15) is 0 Å². The quantitative estimate of drug-likeness (QED) is 0.897. The molecule has 4 heteroatoms. The first-order chi connectivity index (χ1) is 8.24. The van der Waals surface area contributed by atoms with Crippen LogP contribution in [0.2, 0.25) is 0 Å². The van der Waals surface area contributed by atoms with E-state index in [1.807, 2.05) is 0 Å². The third-order valence-corrected chi connectivity index (χ3v) is 5.17. The van der Waals surface area contributed by atoms with E-state index in [0.29, 0.717) is 18.6 Å². The van der Waals surface area contributed by atoms with E-state index in [1.54, 1.807) is 22.7 Å². The van der Waals surface area contributed by atoms with E-state index >= 15 is 0 Å². The van der Waals surface area contributed by atoms with Crippen molar-refractivity contribution in [2.45, 2.75) is 19.0 Å². The van der Waals surface area contributed by atoms with Crippen molar-refractivity contribution in [1.82, 2.24) is 4.90 Å². The predicted molar refractivity (Wildman–Crippen MR) is 76.6 cm³/mol. The minimum absolute atomic E-state index is 0.312.